The number of hydrogen-bond donors (Lipinski definition) is 1. The lowest BCUT2D eigenvalue weighted by Gasteiger charge is -2.27. The van der Waals surface area contributed by atoms with Gasteiger partial charge in [0, 0.05) is 12.5 Å². The number of hydrogen-bond acceptors (Lipinski definition) is 3. The molecule has 2 aliphatic heterocycles. The number of aliphatic carboxylic acids is 1. The van der Waals surface area contributed by atoms with Gasteiger partial charge in [-0.2, -0.15) is 0 Å². The average molecular weight is 367 g/mol. The third kappa shape index (κ3) is 6.09. The van der Waals surface area contributed by atoms with Crippen LogP contribution in [0.3, 0.4) is 0 Å². The van der Waals surface area contributed by atoms with Gasteiger partial charge in [-0.25, -0.2) is 0 Å². The van der Waals surface area contributed by atoms with Crippen molar-refractivity contribution >= 4 is 5.97 Å². The quantitative estimate of drug-likeness (QED) is 0.359. The van der Waals surface area contributed by atoms with E-state index in [0.29, 0.717) is 30.5 Å². The molecule has 0 aromatic rings. The number of carboxylic acid groups (broad SMARTS) is 1. The van der Waals surface area contributed by atoms with Crippen molar-refractivity contribution in [2.24, 2.45) is 17.3 Å². The number of unbranched alkanes of at least 4 members (excludes halogenated alkanes) is 3. The second-order valence-electron chi connectivity index (χ2n) is 8.69. The molecule has 2 rings (SSSR count). The van der Waals surface area contributed by atoms with Gasteiger partial charge in [-0.1, -0.05) is 38.3 Å². The van der Waals surface area contributed by atoms with Crippen LogP contribution in [0.2, 0.25) is 0 Å². The smallest absolute Gasteiger partial charge is 0.309 e. The second-order valence-corrected chi connectivity index (χ2v) is 8.69. The molecule has 0 aromatic heterocycles. The van der Waals surface area contributed by atoms with Gasteiger partial charge >= 0.3 is 5.97 Å². The highest BCUT2D eigenvalue weighted by Gasteiger charge is 2.48. The average Bonchev–Trinajstić information content (AvgIpc) is 3.19. The number of rotatable bonds is 13. The van der Waals surface area contributed by atoms with Crippen molar-refractivity contribution in [2.45, 2.75) is 90.8 Å². The van der Waals surface area contributed by atoms with E-state index in [1.807, 2.05) is 0 Å². The van der Waals surface area contributed by atoms with Crippen molar-refractivity contribution < 1.29 is 19.4 Å². The molecule has 2 heterocycles. The number of carboxylic acids is 1. The van der Waals surface area contributed by atoms with Crippen LogP contribution in [0.1, 0.15) is 78.6 Å². The van der Waals surface area contributed by atoms with Crippen LogP contribution in [0.25, 0.3) is 0 Å². The Balaban J connectivity index is 1.70. The van der Waals surface area contributed by atoms with Crippen LogP contribution in [0.4, 0.5) is 0 Å². The number of ether oxygens (including phenoxy) is 2. The zero-order valence-corrected chi connectivity index (χ0v) is 16.9. The summed E-state index contributed by atoms with van der Waals surface area (Å²) in [6, 6.07) is 0. The molecule has 150 valence electrons. The lowest BCUT2D eigenvalue weighted by Crippen LogP contribution is -2.30. The molecular weight excluding hydrogens is 328 g/mol. The Bertz CT molecular complexity index is 457. The predicted octanol–water partition coefficient (Wildman–Crippen LogP) is 5.21. The fourth-order valence-corrected chi connectivity index (χ4v) is 4.20. The second kappa shape index (κ2) is 10.5. The summed E-state index contributed by atoms with van der Waals surface area (Å²) >= 11 is 0. The standard InChI is InChI=1S/C22H38O4/c1-4-5-6-10-15-25-16-18-17(19-12-13-20(18)26-19)11-8-7-9-14-22(2,3)21(23)24/h7-8,17-20H,4-6,9-16H2,1-3H3,(H,23,24)/b8-7-/t17-,18+,19-,20+/m0/s1. The molecule has 0 spiro atoms. The van der Waals surface area contributed by atoms with Gasteiger partial charge in [0.2, 0.25) is 0 Å². The Morgan fingerprint density at radius 2 is 1.88 bits per heavy atom. The van der Waals surface area contributed by atoms with Crippen molar-refractivity contribution in [2.75, 3.05) is 13.2 Å². The minimum absolute atomic E-state index is 0.389. The molecule has 2 fully saturated rings. The molecular formula is C22H38O4. The van der Waals surface area contributed by atoms with Gasteiger partial charge < -0.3 is 14.6 Å². The van der Waals surface area contributed by atoms with Crippen LogP contribution in [0.5, 0.6) is 0 Å². The Hall–Kier alpha value is -0.870. The van der Waals surface area contributed by atoms with E-state index < -0.39 is 11.4 Å². The Morgan fingerprint density at radius 1 is 1.15 bits per heavy atom. The minimum Gasteiger partial charge on any atom is -0.481 e. The molecule has 0 aliphatic carbocycles. The van der Waals surface area contributed by atoms with Gasteiger partial charge in [0.15, 0.2) is 0 Å². The molecule has 2 bridgehead atoms. The molecule has 2 aliphatic rings. The lowest BCUT2D eigenvalue weighted by atomic mass is 9.78. The predicted molar refractivity (Wildman–Crippen MR) is 104 cm³/mol. The fourth-order valence-electron chi connectivity index (χ4n) is 4.20. The highest BCUT2D eigenvalue weighted by atomic mass is 16.5. The molecule has 0 radical (unpaired) electrons. The van der Waals surface area contributed by atoms with Crippen molar-refractivity contribution in [1.29, 1.82) is 0 Å². The van der Waals surface area contributed by atoms with Crippen molar-refractivity contribution in [3.05, 3.63) is 12.2 Å². The van der Waals surface area contributed by atoms with Gasteiger partial charge in [-0.05, 0) is 58.3 Å². The monoisotopic (exact) mass is 366 g/mol. The first-order valence-corrected chi connectivity index (χ1v) is 10.6. The molecule has 26 heavy (non-hydrogen) atoms. The van der Waals surface area contributed by atoms with Crippen LogP contribution in [0, 0.1) is 17.3 Å². The maximum Gasteiger partial charge on any atom is 0.309 e. The molecule has 0 aromatic carbocycles. The van der Waals surface area contributed by atoms with Crippen LogP contribution >= 0.6 is 0 Å². The summed E-state index contributed by atoms with van der Waals surface area (Å²) in [5, 5.41) is 9.17. The largest absolute Gasteiger partial charge is 0.481 e. The number of carbonyl (C=O) groups is 1. The molecule has 0 saturated carbocycles. The van der Waals surface area contributed by atoms with E-state index in [0.717, 1.165) is 26.1 Å². The summed E-state index contributed by atoms with van der Waals surface area (Å²) in [4.78, 5) is 11.2. The van der Waals surface area contributed by atoms with Gasteiger partial charge in [0.05, 0.1) is 24.2 Å². The topological polar surface area (TPSA) is 55.8 Å². The van der Waals surface area contributed by atoms with Crippen LogP contribution in [-0.4, -0.2) is 36.5 Å². The lowest BCUT2D eigenvalue weighted by molar-refractivity contribution is -0.147. The van der Waals surface area contributed by atoms with Crippen molar-refractivity contribution in [3.8, 4) is 0 Å². The van der Waals surface area contributed by atoms with Crippen molar-refractivity contribution in [3.63, 3.8) is 0 Å². The van der Waals surface area contributed by atoms with E-state index in [2.05, 4.69) is 19.1 Å². The maximum atomic E-state index is 11.2. The summed E-state index contributed by atoms with van der Waals surface area (Å²) < 4.78 is 12.1. The third-order valence-corrected chi connectivity index (χ3v) is 6.13. The molecule has 0 unspecified atom stereocenters. The van der Waals surface area contributed by atoms with E-state index >= 15 is 0 Å². The van der Waals surface area contributed by atoms with E-state index in [9.17, 15) is 9.90 Å². The number of allylic oxidation sites excluding steroid dienone is 2. The molecule has 0 amide bonds. The minimum atomic E-state index is -0.719. The third-order valence-electron chi connectivity index (χ3n) is 6.13. The summed E-state index contributed by atoms with van der Waals surface area (Å²) in [5.41, 5.74) is -0.645. The molecule has 1 N–H and O–H groups in total. The number of fused-ring (bicyclic) bond motifs is 2. The van der Waals surface area contributed by atoms with Crippen molar-refractivity contribution in [1.82, 2.24) is 0 Å². The molecule has 2 saturated heterocycles. The molecule has 4 atom stereocenters. The highest BCUT2D eigenvalue weighted by Crippen LogP contribution is 2.45. The summed E-state index contributed by atoms with van der Waals surface area (Å²) in [5.74, 6) is 0.372. The first-order chi connectivity index (χ1) is 12.5. The SMILES string of the molecule is CCCCCCOC[C@@H]1[C@H](C/C=C\CCC(C)(C)C(=O)O)[C@@H]2CC[C@H]1O2. The fraction of sp³-hybridized carbons (Fsp3) is 0.864. The van der Waals surface area contributed by atoms with E-state index in [-0.39, 0.29) is 0 Å². The first-order valence-electron chi connectivity index (χ1n) is 10.6. The molecule has 4 heteroatoms. The van der Waals surface area contributed by atoms with Crippen LogP contribution < -0.4 is 0 Å². The van der Waals surface area contributed by atoms with Crippen LogP contribution in [-0.2, 0) is 14.3 Å². The summed E-state index contributed by atoms with van der Waals surface area (Å²) in [6.45, 7) is 7.52. The van der Waals surface area contributed by atoms with Gasteiger partial charge in [0.1, 0.15) is 0 Å². The highest BCUT2D eigenvalue weighted by molar-refractivity contribution is 5.73. The van der Waals surface area contributed by atoms with Crippen LogP contribution in [0.15, 0.2) is 12.2 Å². The van der Waals surface area contributed by atoms with Gasteiger partial charge in [-0.3, -0.25) is 4.79 Å². The van der Waals surface area contributed by atoms with Gasteiger partial charge in [0.25, 0.3) is 0 Å². The maximum absolute atomic E-state index is 11.2. The first kappa shape index (κ1) is 21.4. The summed E-state index contributed by atoms with van der Waals surface area (Å²) in [7, 11) is 0. The van der Waals surface area contributed by atoms with E-state index in [4.69, 9.17) is 9.47 Å². The zero-order valence-electron chi connectivity index (χ0n) is 16.9. The zero-order chi connectivity index (χ0) is 19.0. The Labute approximate surface area is 159 Å². The normalized spacial score (nSPS) is 28.3. The Morgan fingerprint density at radius 3 is 2.58 bits per heavy atom. The Kier molecular flexibility index (Phi) is 8.62. The van der Waals surface area contributed by atoms with E-state index in [1.165, 1.54) is 38.5 Å². The van der Waals surface area contributed by atoms with Gasteiger partial charge in [-0.15, -0.1) is 0 Å². The van der Waals surface area contributed by atoms with E-state index in [1.54, 1.807) is 13.8 Å². The molecule has 4 nitrogen and oxygen atoms in total. The summed E-state index contributed by atoms with van der Waals surface area (Å²) in [6.07, 6.45) is 15.1.